The molecule has 8 nitrogen and oxygen atoms in total. The lowest BCUT2D eigenvalue weighted by Gasteiger charge is -2.27. The molecule has 186 valence electrons. The summed E-state index contributed by atoms with van der Waals surface area (Å²) >= 11 is 8.06. The van der Waals surface area contributed by atoms with Crippen LogP contribution in [-0.4, -0.2) is 36.6 Å². The van der Waals surface area contributed by atoms with Crippen molar-refractivity contribution in [1.82, 2.24) is 24.8 Å². The summed E-state index contributed by atoms with van der Waals surface area (Å²) in [6.07, 6.45) is 3.47. The van der Waals surface area contributed by atoms with Crippen LogP contribution in [0.3, 0.4) is 0 Å². The highest BCUT2D eigenvalue weighted by molar-refractivity contribution is 7.09. The van der Waals surface area contributed by atoms with Crippen LogP contribution in [0, 0.1) is 6.92 Å². The third-order valence-corrected chi connectivity index (χ3v) is 7.47. The van der Waals surface area contributed by atoms with E-state index in [1.54, 1.807) is 37.2 Å². The molecule has 3 aromatic rings. The van der Waals surface area contributed by atoms with Gasteiger partial charge in [0.05, 0.1) is 29.5 Å². The average molecular weight is 516 g/mol. The number of nitrogens with zero attached hydrogens (tertiary/aromatic N) is 5. The van der Waals surface area contributed by atoms with E-state index < -0.39 is 11.8 Å². The number of thiazole rings is 1. The summed E-state index contributed by atoms with van der Waals surface area (Å²) in [5.41, 5.74) is 2.48. The van der Waals surface area contributed by atoms with Crippen molar-refractivity contribution in [3.05, 3.63) is 56.5 Å². The Kier molecular flexibility index (Phi) is 6.59. The Morgan fingerprint density at radius 2 is 1.86 bits per heavy atom. The van der Waals surface area contributed by atoms with Gasteiger partial charge in [-0.3, -0.25) is 4.57 Å². The SMILES string of the molecule is Cc1nc([C@H]2CC[C@H](c3nnc4n3-c3ccc(Cl)cc3CN(OC(=O)OC(C)(C)C)C4)CC2)cs1. The van der Waals surface area contributed by atoms with Gasteiger partial charge < -0.3 is 9.57 Å². The fourth-order valence-corrected chi connectivity index (χ4v) is 5.81. The first-order valence-corrected chi connectivity index (χ1v) is 13.2. The van der Waals surface area contributed by atoms with Gasteiger partial charge in [0, 0.05) is 22.2 Å². The molecule has 0 atom stereocenters. The van der Waals surface area contributed by atoms with Crippen LogP contribution in [0.4, 0.5) is 4.79 Å². The molecule has 0 N–H and O–H groups in total. The van der Waals surface area contributed by atoms with Gasteiger partial charge in [-0.05, 0) is 77.1 Å². The molecule has 0 amide bonds. The second kappa shape index (κ2) is 9.52. The van der Waals surface area contributed by atoms with Crippen LogP contribution in [-0.2, 0) is 22.7 Å². The quantitative estimate of drug-likeness (QED) is 0.378. The van der Waals surface area contributed by atoms with E-state index in [4.69, 9.17) is 26.2 Å². The Labute approximate surface area is 214 Å². The fraction of sp³-hybridized carbons (Fsp3) is 0.520. The molecule has 0 radical (unpaired) electrons. The van der Waals surface area contributed by atoms with Crippen molar-refractivity contribution in [2.75, 3.05) is 0 Å². The van der Waals surface area contributed by atoms with Gasteiger partial charge in [0.1, 0.15) is 11.4 Å². The molecule has 3 heterocycles. The van der Waals surface area contributed by atoms with Crippen LogP contribution in [0.5, 0.6) is 0 Å². The molecular weight excluding hydrogens is 486 g/mol. The number of rotatable bonds is 3. The molecule has 1 fully saturated rings. The van der Waals surface area contributed by atoms with Crippen molar-refractivity contribution in [2.24, 2.45) is 0 Å². The van der Waals surface area contributed by atoms with Crippen molar-refractivity contribution in [1.29, 1.82) is 0 Å². The molecule has 1 aliphatic carbocycles. The van der Waals surface area contributed by atoms with E-state index in [0.717, 1.165) is 53.6 Å². The maximum Gasteiger partial charge on any atom is 0.528 e. The fourth-order valence-electron chi connectivity index (χ4n) is 4.92. The first-order valence-electron chi connectivity index (χ1n) is 12.0. The number of aryl methyl sites for hydroxylation is 1. The highest BCUT2D eigenvalue weighted by Crippen LogP contribution is 2.41. The minimum Gasteiger partial charge on any atom is -0.427 e. The number of ether oxygens (including phenoxy) is 1. The second-order valence-electron chi connectivity index (χ2n) is 10.3. The van der Waals surface area contributed by atoms with Gasteiger partial charge in [-0.2, -0.15) is 0 Å². The van der Waals surface area contributed by atoms with E-state index in [1.165, 1.54) is 5.69 Å². The Morgan fingerprint density at radius 1 is 1.11 bits per heavy atom. The van der Waals surface area contributed by atoms with Gasteiger partial charge in [-0.25, -0.2) is 9.78 Å². The van der Waals surface area contributed by atoms with Crippen LogP contribution in [0.15, 0.2) is 23.6 Å². The average Bonchev–Trinajstić information content (AvgIpc) is 3.36. The van der Waals surface area contributed by atoms with E-state index in [0.29, 0.717) is 29.9 Å². The smallest absolute Gasteiger partial charge is 0.427 e. The van der Waals surface area contributed by atoms with E-state index in [1.807, 2.05) is 18.2 Å². The molecule has 2 aliphatic rings. The van der Waals surface area contributed by atoms with Gasteiger partial charge in [-0.1, -0.05) is 11.6 Å². The lowest BCUT2D eigenvalue weighted by Crippen LogP contribution is -2.31. The summed E-state index contributed by atoms with van der Waals surface area (Å²) in [7, 11) is 0. The van der Waals surface area contributed by atoms with Crippen LogP contribution in [0.25, 0.3) is 5.69 Å². The second-order valence-corrected chi connectivity index (χ2v) is 11.8. The lowest BCUT2D eigenvalue weighted by molar-refractivity contribution is -0.155. The monoisotopic (exact) mass is 515 g/mol. The number of fused-ring (bicyclic) bond motifs is 3. The zero-order chi connectivity index (χ0) is 24.7. The van der Waals surface area contributed by atoms with Crippen LogP contribution in [0.2, 0.25) is 5.02 Å². The van der Waals surface area contributed by atoms with Crippen LogP contribution < -0.4 is 0 Å². The molecule has 0 bridgehead atoms. The maximum absolute atomic E-state index is 12.4. The summed E-state index contributed by atoms with van der Waals surface area (Å²) in [4.78, 5) is 22.6. The molecule has 35 heavy (non-hydrogen) atoms. The highest BCUT2D eigenvalue weighted by Gasteiger charge is 2.33. The summed E-state index contributed by atoms with van der Waals surface area (Å²) in [5, 5.41) is 14.7. The number of hydroxylamine groups is 2. The summed E-state index contributed by atoms with van der Waals surface area (Å²) in [5.74, 6) is 2.48. The molecule has 10 heteroatoms. The van der Waals surface area contributed by atoms with Gasteiger partial charge in [0.25, 0.3) is 0 Å². The van der Waals surface area contributed by atoms with Crippen molar-refractivity contribution in [3.8, 4) is 5.69 Å². The minimum atomic E-state index is -0.745. The number of carbonyl (C=O) groups is 1. The molecule has 0 spiro atoms. The first-order chi connectivity index (χ1) is 16.7. The van der Waals surface area contributed by atoms with Gasteiger partial charge in [-0.15, -0.1) is 26.6 Å². The lowest BCUT2D eigenvalue weighted by atomic mass is 9.80. The molecule has 1 aromatic carbocycles. The van der Waals surface area contributed by atoms with Crippen LogP contribution in [0.1, 0.15) is 86.2 Å². The Morgan fingerprint density at radius 3 is 2.54 bits per heavy atom. The number of aromatic nitrogens is 4. The first kappa shape index (κ1) is 24.2. The summed E-state index contributed by atoms with van der Waals surface area (Å²) in [6, 6.07) is 5.77. The van der Waals surface area contributed by atoms with Gasteiger partial charge in [0.2, 0.25) is 0 Å². The van der Waals surface area contributed by atoms with E-state index in [9.17, 15) is 4.79 Å². The largest absolute Gasteiger partial charge is 0.528 e. The zero-order valence-electron chi connectivity index (χ0n) is 20.5. The maximum atomic E-state index is 12.4. The molecule has 5 rings (SSSR count). The molecule has 2 aromatic heterocycles. The molecule has 0 saturated heterocycles. The van der Waals surface area contributed by atoms with Crippen molar-refractivity contribution < 1.29 is 14.4 Å². The van der Waals surface area contributed by atoms with Gasteiger partial charge >= 0.3 is 6.16 Å². The Bertz CT molecular complexity index is 1230. The number of carbonyl (C=O) groups excluding carboxylic acids is 1. The Hall–Kier alpha value is -2.49. The zero-order valence-corrected chi connectivity index (χ0v) is 22.0. The standard InChI is InChI=1S/C25H30ClN5O3S/c1-15-27-20(14-35-15)16-5-7-17(8-6-16)23-29-28-22-13-30(34-24(32)33-25(2,3)4)12-18-11-19(26)9-10-21(18)31(22)23/h9-11,14,16-17H,5-8,12-13H2,1-4H3/t16-,17-. The highest BCUT2D eigenvalue weighted by atomic mass is 35.5. The predicted octanol–water partition coefficient (Wildman–Crippen LogP) is 6.31. The third-order valence-electron chi connectivity index (χ3n) is 6.44. The molecule has 1 aliphatic heterocycles. The summed E-state index contributed by atoms with van der Waals surface area (Å²) < 4.78 is 7.48. The number of hydrogen-bond donors (Lipinski definition) is 0. The van der Waals surface area contributed by atoms with Gasteiger partial charge in [0.15, 0.2) is 5.82 Å². The predicted molar refractivity (Wildman–Crippen MR) is 134 cm³/mol. The van der Waals surface area contributed by atoms with E-state index >= 15 is 0 Å². The summed E-state index contributed by atoms with van der Waals surface area (Å²) in [6.45, 7) is 8.14. The minimum absolute atomic E-state index is 0.298. The van der Waals surface area contributed by atoms with Crippen molar-refractivity contribution in [2.45, 2.75) is 83.9 Å². The normalized spacial score (nSPS) is 20.6. The van der Waals surface area contributed by atoms with Crippen molar-refractivity contribution in [3.63, 3.8) is 0 Å². The molecular formula is C25H30ClN5O3S. The Balaban J connectivity index is 1.40. The molecule has 0 unspecified atom stereocenters. The topological polar surface area (TPSA) is 82.4 Å². The number of halogens is 1. The number of hydrogen-bond acceptors (Lipinski definition) is 8. The molecule has 1 saturated carbocycles. The van der Waals surface area contributed by atoms with E-state index in [-0.39, 0.29) is 0 Å². The number of benzene rings is 1. The third kappa shape index (κ3) is 5.37. The van der Waals surface area contributed by atoms with E-state index in [2.05, 4.69) is 27.1 Å². The van der Waals surface area contributed by atoms with Crippen LogP contribution >= 0.6 is 22.9 Å². The van der Waals surface area contributed by atoms with Crippen molar-refractivity contribution >= 4 is 29.1 Å².